The molecule has 2 aromatic carbocycles. The van der Waals surface area contributed by atoms with Gasteiger partial charge in [-0.1, -0.05) is 30.0 Å². The van der Waals surface area contributed by atoms with Crippen LogP contribution in [0.5, 0.6) is 5.75 Å². The van der Waals surface area contributed by atoms with Gasteiger partial charge in [-0.25, -0.2) is 9.98 Å². The number of aryl methyl sites for hydroxylation is 2. The fraction of sp³-hybridized carbons (Fsp3) is 0.200. The zero-order chi connectivity index (χ0) is 24.2. The van der Waals surface area contributed by atoms with E-state index in [1.165, 1.54) is 30.0 Å². The Bertz CT molecular complexity index is 1280. The van der Waals surface area contributed by atoms with Crippen molar-refractivity contribution in [1.29, 1.82) is 0 Å². The van der Waals surface area contributed by atoms with E-state index in [-0.39, 0.29) is 11.8 Å². The number of methoxy groups -OCH3 is 1. The van der Waals surface area contributed by atoms with Crippen LogP contribution < -0.4 is 15.0 Å². The lowest BCUT2D eigenvalue weighted by molar-refractivity contribution is -0.114. The Morgan fingerprint density at radius 2 is 1.88 bits per heavy atom. The summed E-state index contributed by atoms with van der Waals surface area (Å²) < 4.78 is 5.22. The first-order valence-electron chi connectivity index (χ1n) is 10.5. The number of amides is 2. The predicted octanol–water partition coefficient (Wildman–Crippen LogP) is 5.40. The standard InChI is InChI=1S/C25H24N4O3S2/c1-15-9-16(2)11-20(10-15)29-23(31)22(12-18-5-7-21(32-4)8-6-18)28-25(29)34-14-19-13-33-24(27-19)26-17(3)30/h5-13H,14H2,1-4H3,(H,26,27,30)/b22-12-. The molecule has 0 bridgehead atoms. The zero-order valence-corrected chi connectivity index (χ0v) is 20.9. The Morgan fingerprint density at radius 1 is 1.18 bits per heavy atom. The van der Waals surface area contributed by atoms with Crippen LogP contribution >= 0.6 is 23.1 Å². The number of rotatable bonds is 6. The summed E-state index contributed by atoms with van der Waals surface area (Å²) in [6.07, 6.45) is 1.78. The van der Waals surface area contributed by atoms with Gasteiger partial charge in [-0.15, -0.1) is 11.3 Å². The van der Waals surface area contributed by atoms with E-state index < -0.39 is 0 Å². The summed E-state index contributed by atoms with van der Waals surface area (Å²) in [5.41, 5.74) is 4.95. The highest BCUT2D eigenvalue weighted by atomic mass is 32.2. The monoisotopic (exact) mass is 492 g/mol. The molecule has 174 valence electrons. The fourth-order valence-corrected chi connectivity index (χ4v) is 5.25. The molecule has 0 radical (unpaired) electrons. The number of ether oxygens (including phenoxy) is 1. The maximum Gasteiger partial charge on any atom is 0.283 e. The average molecular weight is 493 g/mol. The summed E-state index contributed by atoms with van der Waals surface area (Å²) >= 11 is 2.80. The number of anilines is 2. The molecule has 1 N–H and O–H groups in total. The molecule has 0 unspecified atom stereocenters. The van der Waals surface area contributed by atoms with Crippen LogP contribution in [0.2, 0.25) is 0 Å². The van der Waals surface area contributed by atoms with Crippen LogP contribution in [0.1, 0.15) is 29.3 Å². The highest BCUT2D eigenvalue weighted by Crippen LogP contribution is 2.32. The minimum atomic E-state index is -0.180. The highest BCUT2D eigenvalue weighted by Gasteiger charge is 2.32. The Kier molecular flexibility index (Phi) is 7.14. The second-order valence-electron chi connectivity index (χ2n) is 7.80. The quantitative estimate of drug-likeness (QED) is 0.466. The summed E-state index contributed by atoms with van der Waals surface area (Å²) in [4.78, 5) is 35.5. The number of thiazole rings is 1. The minimum Gasteiger partial charge on any atom is -0.497 e. The third-order valence-electron chi connectivity index (χ3n) is 4.90. The Morgan fingerprint density at radius 3 is 2.53 bits per heavy atom. The molecule has 0 saturated carbocycles. The van der Waals surface area contributed by atoms with Crippen molar-refractivity contribution in [2.45, 2.75) is 26.5 Å². The van der Waals surface area contributed by atoms with Crippen LogP contribution in [0.4, 0.5) is 10.8 Å². The third kappa shape index (κ3) is 5.55. The van der Waals surface area contributed by atoms with E-state index >= 15 is 0 Å². The van der Waals surface area contributed by atoms with Gasteiger partial charge >= 0.3 is 0 Å². The summed E-state index contributed by atoms with van der Waals surface area (Å²) in [6.45, 7) is 5.47. The molecule has 2 amide bonds. The number of aliphatic imine (C=N–C) groups is 1. The third-order valence-corrected chi connectivity index (χ3v) is 6.68. The minimum absolute atomic E-state index is 0.159. The molecule has 3 aromatic rings. The number of aromatic nitrogens is 1. The van der Waals surface area contributed by atoms with Gasteiger partial charge in [-0.05, 0) is 60.9 Å². The highest BCUT2D eigenvalue weighted by molar-refractivity contribution is 8.13. The summed E-state index contributed by atoms with van der Waals surface area (Å²) in [5, 5.41) is 5.73. The maximum atomic E-state index is 13.4. The lowest BCUT2D eigenvalue weighted by Gasteiger charge is -2.19. The molecule has 0 fully saturated rings. The van der Waals surface area contributed by atoms with Crippen LogP contribution in [-0.2, 0) is 15.3 Å². The largest absolute Gasteiger partial charge is 0.497 e. The van der Waals surface area contributed by atoms with Crippen LogP contribution in [0.15, 0.2) is 58.5 Å². The number of hydrogen-bond donors (Lipinski definition) is 1. The van der Waals surface area contributed by atoms with Gasteiger partial charge in [-0.2, -0.15) is 0 Å². The molecule has 0 spiro atoms. The Hall–Kier alpha value is -3.43. The molecule has 2 heterocycles. The lowest BCUT2D eigenvalue weighted by atomic mass is 10.1. The van der Waals surface area contributed by atoms with E-state index in [1.807, 2.05) is 55.6 Å². The smallest absolute Gasteiger partial charge is 0.283 e. The van der Waals surface area contributed by atoms with Crippen molar-refractivity contribution in [2.24, 2.45) is 4.99 Å². The van der Waals surface area contributed by atoms with Crippen molar-refractivity contribution >= 4 is 57.0 Å². The summed E-state index contributed by atoms with van der Waals surface area (Å²) in [7, 11) is 1.62. The number of thioether (sulfide) groups is 1. The Labute approximate surface area is 206 Å². The topological polar surface area (TPSA) is 83.9 Å². The lowest BCUT2D eigenvalue weighted by Crippen LogP contribution is -2.30. The van der Waals surface area contributed by atoms with Gasteiger partial charge in [0.05, 0.1) is 18.5 Å². The molecule has 0 atom stereocenters. The van der Waals surface area contributed by atoms with E-state index in [9.17, 15) is 9.59 Å². The van der Waals surface area contributed by atoms with Gasteiger partial charge in [0, 0.05) is 18.1 Å². The number of nitrogens with zero attached hydrogens (tertiary/aromatic N) is 3. The molecule has 1 aliphatic heterocycles. The first-order valence-corrected chi connectivity index (χ1v) is 12.4. The first-order chi connectivity index (χ1) is 16.3. The van der Waals surface area contributed by atoms with Crippen molar-refractivity contribution in [3.63, 3.8) is 0 Å². The molecule has 0 saturated heterocycles. The second kappa shape index (κ2) is 10.2. The van der Waals surface area contributed by atoms with E-state index in [1.54, 1.807) is 18.1 Å². The van der Waals surface area contributed by atoms with Crippen molar-refractivity contribution in [1.82, 2.24) is 4.98 Å². The predicted molar refractivity (Wildman–Crippen MR) is 140 cm³/mol. The number of carbonyl (C=O) groups excluding carboxylic acids is 2. The van der Waals surface area contributed by atoms with E-state index in [4.69, 9.17) is 4.74 Å². The summed E-state index contributed by atoms with van der Waals surface area (Å²) in [6, 6.07) is 13.5. The SMILES string of the molecule is COc1ccc(/C=C2\N=C(SCc3csc(NC(C)=O)n3)N(c3cc(C)cc(C)c3)C2=O)cc1. The maximum absolute atomic E-state index is 13.4. The number of hydrogen-bond acceptors (Lipinski definition) is 7. The Balaban J connectivity index is 1.63. The summed E-state index contributed by atoms with van der Waals surface area (Å²) in [5.74, 6) is 0.923. The molecule has 1 aliphatic rings. The molecule has 0 aliphatic carbocycles. The van der Waals surface area contributed by atoms with Gasteiger partial charge in [0.2, 0.25) is 5.91 Å². The normalized spacial score (nSPS) is 14.5. The molecular formula is C25H24N4O3S2. The zero-order valence-electron chi connectivity index (χ0n) is 19.3. The van der Waals surface area contributed by atoms with Gasteiger partial charge in [-0.3, -0.25) is 14.5 Å². The molecule has 34 heavy (non-hydrogen) atoms. The van der Waals surface area contributed by atoms with Crippen LogP contribution in [0.25, 0.3) is 6.08 Å². The van der Waals surface area contributed by atoms with Crippen molar-refractivity contribution in [3.05, 3.63) is 75.9 Å². The number of nitrogens with one attached hydrogen (secondary N) is 1. The van der Waals surface area contributed by atoms with Crippen LogP contribution in [-0.4, -0.2) is 29.1 Å². The molecule has 4 rings (SSSR count). The van der Waals surface area contributed by atoms with Crippen LogP contribution in [0, 0.1) is 13.8 Å². The molecule has 1 aromatic heterocycles. The van der Waals surface area contributed by atoms with E-state index in [0.717, 1.165) is 33.8 Å². The van der Waals surface area contributed by atoms with Gasteiger partial charge in [0.15, 0.2) is 10.3 Å². The van der Waals surface area contributed by atoms with Crippen molar-refractivity contribution in [2.75, 3.05) is 17.3 Å². The average Bonchev–Trinajstić information content (AvgIpc) is 3.35. The number of benzene rings is 2. The molecule has 7 nitrogen and oxygen atoms in total. The number of carbonyl (C=O) groups is 2. The number of amidine groups is 1. The van der Waals surface area contributed by atoms with Gasteiger partial charge in [0.25, 0.3) is 5.91 Å². The second-order valence-corrected chi connectivity index (χ2v) is 9.60. The van der Waals surface area contributed by atoms with Gasteiger partial charge in [0.1, 0.15) is 11.4 Å². The fourth-order valence-electron chi connectivity index (χ4n) is 3.48. The van der Waals surface area contributed by atoms with E-state index in [0.29, 0.717) is 21.7 Å². The molecular weight excluding hydrogens is 468 g/mol. The van der Waals surface area contributed by atoms with Crippen molar-refractivity contribution in [3.8, 4) is 5.75 Å². The molecule has 9 heteroatoms. The first kappa shape index (κ1) is 23.7. The van der Waals surface area contributed by atoms with Gasteiger partial charge < -0.3 is 10.1 Å². The van der Waals surface area contributed by atoms with Crippen LogP contribution in [0.3, 0.4) is 0 Å². The van der Waals surface area contributed by atoms with E-state index in [2.05, 4.69) is 21.4 Å². The van der Waals surface area contributed by atoms with Crippen molar-refractivity contribution < 1.29 is 14.3 Å².